The number of pyridine rings is 1. The van der Waals surface area contributed by atoms with Gasteiger partial charge in [-0.15, -0.1) is 0 Å². The van der Waals surface area contributed by atoms with Crippen molar-refractivity contribution in [2.75, 3.05) is 0 Å². The number of aliphatic hydroxyl groups excluding tert-OH is 1. The highest BCUT2D eigenvalue weighted by atomic mass is 16.3. The van der Waals surface area contributed by atoms with E-state index in [1.165, 1.54) is 0 Å². The van der Waals surface area contributed by atoms with Crippen LogP contribution in [0.4, 0.5) is 0 Å². The molecule has 58 valence electrons. The van der Waals surface area contributed by atoms with Crippen LogP contribution in [0.15, 0.2) is 36.7 Å². The van der Waals surface area contributed by atoms with Crippen LogP contribution in [0.2, 0.25) is 0 Å². The highest BCUT2D eigenvalue weighted by Gasteiger charge is 2.05. The van der Waals surface area contributed by atoms with Crippen molar-refractivity contribution in [2.45, 2.75) is 13.0 Å². The first kappa shape index (κ1) is 7.95. The molecule has 1 heterocycles. The Labute approximate surface area is 66.2 Å². The Hall–Kier alpha value is -1.15. The highest BCUT2D eigenvalue weighted by molar-refractivity contribution is 5.20. The molecule has 1 N–H and O–H groups in total. The van der Waals surface area contributed by atoms with E-state index in [1.54, 1.807) is 31.5 Å². The van der Waals surface area contributed by atoms with Crippen LogP contribution in [0.1, 0.15) is 18.6 Å². The summed E-state index contributed by atoms with van der Waals surface area (Å²) < 4.78 is 0. The normalized spacial score (nSPS) is 12.5. The molecule has 1 atom stereocenters. The van der Waals surface area contributed by atoms with Gasteiger partial charge < -0.3 is 5.11 Å². The third-order valence-corrected chi connectivity index (χ3v) is 1.49. The summed E-state index contributed by atoms with van der Waals surface area (Å²) in [6, 6.07) is 3.55. The Morgan fingerprint density at radius 3 is 2.55 bits per heavy atom. The van der Waals surface area contributed by atoms with Crippen LogP contribution in [0.5, 0.6) is 0 Å². The summed E-state index contributed by atoms with van der Waals surface area (Å²) >= 11 is 0. The minimum Gasteiger partial charge on any atom is -0.384 e. The first-order valence-corrected chi connectivity index (χ1v) is 3.45. The first-order chi connectivity index (χ1) is 5.22. The molecule has 0 fully saturated rings. The Kier molecular flexibility index (Phi) is 2.39. The zero-order valence-electron chi connectivity index (χ0n) is 6.49. The number of hydrogen-bond donors (Lipinski definition) is 1. The molecule has 1 rings (SSSR count). The molecule has 2 heteroatoms. The molecule has 0 spiro atoms. The van der Waals surface area contributed by atoms with E-state index in [2.05, 4.69) is 11.6 Å². The molecule has 0 saturated heterocycles. The van der Waals surface area contributed by atoms with Gasteiger partial charge in [0.15, 0.2) is 0 Å². The van der Waals surface area contributed by atoms with Gasteiger partial charge in [-0.05, 0) is 30.2 Å². The number of rotatable bonds is 2. The molecule has 0 amide bonds. The van der Waals surface area contributed by atoms with E-state index >= 15 is 0 Å². The van der Waals surface area contributed by atoms with Gasteiger partial charge >= 0.3 is 0 Å². The monoisotopic (exact) mass is 149 g/mol. The van der Waals surface area contributed by atoms with E-state index in [4.69, 9.17) is 0 Å². The van der Waals surface area contributed by atoms with Gasteiger partial charge in [0.25, 0.3) is 0 Å². The predicted molar refractivity (Wildman–Crippen MR) is 44.0 cm³/mol. The molecule has 0 radical (unpaired) electrons. The van der Waals surface area contributed by atoms with Crippen molar-refractivity contribution in [3.63, 3.8) is 0 Å². The summed E-state index contributed by atoms with van der Waals surface area (Å²) in [6.45, 7) is 5.46. The van der Waals surface area contributed by atoms with Crippen LogP contribution < -0.4 is 0 Å². The van der Waals surface area contributed by atoms with E-state index < -0.39 is 6.10 Å². The van der Waals surface area contributed by atoms with E-state index in [9.17, 15) is 5.11 Å². The van der Waals surface area contributed by atoms with Gasteiger partial charge in [0.1, 0.15) is 0 Å². The summed E-state index contributed by atoms with van der Waals surface area (Å²) in [5.74, 6) is 0. The van der Waals surface area contributed by atoms with Crippen molar-refractivity contribution in [3.05, 3.63) is 42.2 Å². The fourth-order valence-electron chi connectivity index (χ4n) is 0.830. The number of aromatic nitrogens is 1. The third-order valence-electron chi connectivity index (χ3n) is 1.49. The molecular weight excluding hydrogens is 138 g/mol. The summed E-state index contributed by atoms with van der Waals surface area (Å²) in [5, 5.41) is 9.47. The second-order valence-electron chi connectivity index (χ2n) is 2.53. The fraction of sp³-hybridized carbons (Fsp3) is 0.222. The summed E-state index contributed by atoms with van der Waals surface area (Å²) in [7, 11) is 0. The second kappa shape index (κ2) is 3.30. The molecule has 2 nitrogen and oxygen atoms in total. The van der Waals surface area contributed by atoms with Gasteiger partial charge in [0.05, 0.1) is 6.10 Å². The molecule has 11 heavy (non-hydrogen) atoms. The molecule has 0 aliphatic carbocycles. The van der Waals surface area contributed by atoms with Crippen molar-refractivity contribution in [3.8, 4) is 0 Å². The maximum Gasteiger partial charge on any atom is 0.0996 e. The van der Waals surface area contributed by atoms with Crippen LogP contribution in [0.25, 0.3) is 0 Å². The summed E-state index contributed by atoms with van der Waals surface area (Å²) in [4.78, 5) is 3.85. The smallest absolute Gasteiger partial charge is 0.0996 e. The lowest BCUT2D eigenvalue weighted by atomic mass is 10.1. The van der Waals surface area contributed by atoms with Crippen LogP contribution in [-0.4, -0.2) is 10.1 Å². The summed E-state index contributed by atoms with van der Waals surface area (Å²) in [5.41, 5.74) is 1.59. The second-order valence-corrected chi connectivity index (χ2v) is 2.53. The topological polar surface area (TPSA) is 33.1 Å². The van der Waals surface area contributed by atoms with Crippen molar-refractivity contribution in [1.29, 1.82) is 0 Å². The largest absolute Gasteiger partial charge is 0.384 e. The number of nitrogens with zero attached hydrogens (tertiary/aromatic N) is 1. The Balaban J connectivity index is 2.85. The zero-order valence-corrected chi connectivity index (χ0v) is 6.49. The van der Waals surface area contributed by atoms with Crippen LogP contribution in [-0.2, 0) is 0 Å². The third kappa shape index (κ3) is 1.88. The minimum atomic E-state index is -0.557. The number of hydrogen-bond acceptors (Lipinski definition) is 2. The summed E-state index contributed by atoms with van der Waals surface area (Å²) in [6.07, 6.45) is 2.75. The van der Waals surface area contributed by atoms with Crippen molar-refractivity contribution >= 4 is 0 Å². The predicted octanol–water partition coefficient (Wildman–Crippen LogP) is 1.69. The van der Waals surface area contributed by atoms with Gasteiger partial charge in [-0.2, -0.15) is 0 Å². The fourth-order valence-corrected chi connectivity index (χ4v) is 0.830. The lowest BCUT2D eigenvalue weighted by Crippen LogP contribution is -1.97. The van der Waals surface area contributed by atoms with Gasteiger partial charge in [-0.3, -0.25) is 4.98 Å². The van der Waals surface area contributed by atoms with E-state index in [-0.39, 0.29) is 0 Å². The molecule has 0 saturated carbocycles. The molecule has 1 aromatic heterocycles. The first-order valence-electron chi connectivity index (χ1n) is 3.45. The average Bonchev–Trinajstić information content (AvgIpc) is 2.05. The molecule has 1 aromatic rings. The molecule has 0 aromatic carbocycles. The Morgan fingerprint density at radius 1 is 1.55 bits per heavy atom. The van der Waals surface area contributed by atoms with Crippen molar-refractivity contribution < 1.29 is 5.11 Å². The maximum absolute atomic E-state index is 9.47. The minimum absolute atomic E-state index is 0.557. The molecular formula is C9H11NO. The van der Waals surface area contributed by atoms with Gasteiger partial charge in [-0.1, -0.05) is 6.58 Å². The van der Waals surface area contributed by atoms with E-state index in [0.717, 1.165) is 11.1 Å². The average molecular weight is 149 g/mol. The van der Waals surface area contributed by atoms with Gasteiger partial charge in [-0.25, -0.2) is 0 Å². The zero-order chi connectivity index (χ0) is 8.27. The number of aliphatic hydroxyl groups is 1. The van der Waals surface area contributed by atoms with Crippen molar-refractivity contribution in [2.24, 2.45) is 0 Å². The van der Waals surface area contributed by atoms with Crippen LogP contribution >= 0.6 is 0 Å². The standard InChI is InChI=1S/C9H11NO/c1-7(2)9(11)8-3-5-10-6-4-8/h3-6,9,11H,1H2,2H3. The van der Waals surface area contributed by atoms with Crippen LogP contribution in [0, 0.1) is 0 Å². The van der Waals surface area contributed by atoms with Gasteiger partial charge in [0.2, 0.25) is 0 Å². The molecule has 0 aliphatic heterocycles. The quantitative estimate of drug-likeness (QED) is 0.649. The molecule has 0 bridgehead atoms. The highest BCUT2D eigenvalue weighted by Crippen LogP contribution is 2.17. The SMILES string of the molecule is C=C(C)C(O)c1ccncc1. The molecule has 1 unspecified atom stereocenters. The Morgan fingerprint density at radius 2 is 2.09 bits per heavy atom. The lowest BCUT2D eigenvalue weighted by molar-refractivity contribution is 0.216. The maximum atomic E-state index is 9.47. The van der Waals surface area contributed by atoms with E-state index in [1.807, 2.05) is 0 Å². The van der Waals surface area contributed by atoms with E-state index in [0.29, 0.717) is 0 Å². The lowest BCUT2D eigenvalue weighted by Gasteiger charge is -2.08. The van der Waals surface area contributed by atoms with Gasteiger partial charge in [0, 0.05) is 12.4 Å². The van der Waals surface area contributed by atoms with Crippen LogP contribution in [0.3, 0.4) is 0 Å². The molecule has 0 aliphatic rings. The Bertz CT molecular complexity index is 243. The van der Waals surface area contributed by atoms with Crippen molar-refractivity contribution in [1.82, 2.24) is 4.98 Å².